The van der Waals surface area contributed by atoms with Crippen LogP contribution in [0.15, 0.2) is 59.9 Å². The van der Waals surface area contributed by atoms with Crippen molar-refractivity contribution in [3.05, 3.63) is 60.4 Å². The molecule has 0 saturated carbocycles. The number of anilines is 1. The lowest BCUT2D eigenvalue weighted by molar-refractivity contribution is 1.10. The van der Waals surface area contributed by atoms with Gasteiger partial charge in [0, 0.05) is 16.8 Å². The van der Waals surface area contributed by atoms with Gasteiger partial charge in [-0.3, -0.25) is 0 Å². The fraction of sp³-hybridized carbons (Fsp3) is 0.0667. The smallest absolute Gasteiger partial charge is 0.117 e. The molecule has 0 aliphatic carbocycles. The largest absolute Gasteiger partial charge is 0.399 e. The number of rotatable bonds is 3. The molecule has 0 atom stereocenters. The van der Waals surface area contributed by atoms with Gasteiger partial charge in [0.1, 0.15) is 11.4 Å². The zero-order valence-corrected chi connectivity index (χ0v) is 11.1. The Balaban J connectivity index is 1.89. The van der Waals surface area contributed by atoms with Gasteiger partial charge in [0.15, 0.2) is 0 Å². The quantitative estimate of drug-likeness (QED) is 0.448. The van der Waals surface area contributed by atoms with Crippen molar-refractivity contribution >= 4 is 28.4 Å². The number of hydrogen-bond donors (Lipinski definition) is 1. The van der Waals surface area contributed by atoms with Gasteiger partial charge < -0.3 is 5.73 Å². The Hall–Kier alpha value is -2.07. The van der Waals surface area contributed by atoms with E-state index in [0.717, 1.165) is 27.4 Å². The van der Waals surface area contributed by atoms with E-state index < -0.39 is 0 Å². The standard InChI is InChI=1S/C15H13N3S/c16-12-6-7-13-14(8-12)17-10-18-15(13)19-9-11-4-2-1-3-5-11/h1-8,10H,9,16H2. The Morgan fingerprint density at radius 2 is 1.84 bits per heavy atom. The number of benzene rings is 2. The van der Waals surface area contributed by atoms with Crippen LogP contribution in [0.1, 0.15) is 5.56 Å². The van der Waals surface area contributed by atoms with Gasteiger partial charge in [-0.2, -0.15) is 0 Å². The second kappa shape index (κ2) is 5.28. The molecule has 0 radical (unpaired) electrons. The summed E-state index contributed by atoms with van der Waals surface area (Å²) in [4.78, 5) is 8.62. The molecule has 3 nitrogen and oxygen atoms in total. The molecule has 0 unspecified atom stereocenters. The van der Waals surface area contributed by atoms with Gasteiger partial charge in [-0.1, -0.05) is 30.3 Å². The molecule has 2 N–H and O–H groups in total. The molecule has 0 amide bonds. The molecule has 0 bridgehead atoms. The number of nitrogen functional groups attached to an aromatic ring is 1. The molecule has 94 valence electrons. The van der Waals surface area contributed by atoms with Crippen LogP contribution in [0.3, 0.4) is 0 Å². The molecule has 0 saturated heterocycles. The Kier molecular flexibility index (Phi) is 3.33. The summed E-state index contributed by atoms with van der Waals surface area (Å²) in [7, 11) is 0. The Labute approximate surface area is 115 Å². The minimum absolute atomic E-state index is 0.727. The zero-order valence-electron chi connectivity index (χ0n) is 10.3. The average molecular weight is 267 g/mol. The van der Waals surface area contributed by atoms with Crippen molar-refractivity contribution in [3.8, 4) is 0 Å². The molecule has 19 heavy (non-hydrogen) atoms. The van der Waals surface area contributed by atoms with Crippen molar-refractivity contribution in [1.29, 1.82) is 0 Å². The van der Waals surface area contributed by atoms with Gasteiger partial charge in [0.2, 0.25) is 0 Å². The molecule has 0 aliphatic heterocycles. The fourth-order valence-corrected chi connectivity index (χ4v) is 2.84. The Bertz CT molecular complexity index is 698. The average Bonchev–Trinajstić information content (AvgIpc) is 2.45. The maximum absolute atomic E-state index is 5.77. The number of thioether (sulfide) groups is 1. The fourth-order valence-electron chi connectivity index (χ4n) is 1.89. The van der Waals surface area contributed by atoms with Crippen molar-refractivity contribution in [3.63, 3.8) is 0 Å². The van der Waals surface area contributed by atoms with Crippen molar-refractivity contribution in [2.75, 3.05) is 5.73 Å². The van der Waals surface area contributed by atoms with E-state index in [1.807, 2.05) is 24.3 Å². The molecule has 0 aliphatic rings. The molecule has 1 heterocycles. The van der Waals surface area contributed by atoms with Gasteiger partial charge in [-0.25, -0.2) is 9.97 Å². The first kappa shape index (κ1) is 12.0. The van der Waals surface area contributed by atoms with E-state index >= 15 is 0 Å². The summed E-state index contributed by atoms with van der Waals surface area (Å²) in [6, 6.07) is 16.1. The van der Waals surface area contributed by atoms with E-state index in [0.29, 0.717) is 0 Å². The second-order valence-corrected chi connectivity index (χ2v) is 5.19. The van der Waals surface area contributed by atoms with Crippen LogP contribution in [0.2, 0.25) is 0 Å². The van der Waals surface area contributed by atoms with Crippen LogP contribution in [0.5, 0.6) is 0 Å². The van der Waals surface area contributed by atoms with Crippen LogP contribution < -0.4 is 5.73 Å². The molecule has 0 spiro atoms. The van der Waals surface area contributed by atoms with E-state index in [-0.39, 0.29) is 0 Å². The first-order valence-corrected chi connectivity index (χ1v) is 6.98. The summed E-state index contributed by atoms with van der Waals surface area (Å²) in [5.41, 5.74) is 8.68. The molecular weight excluding hydrogens is 254 g/mol. The second-order valence-electron chi connectivity index (χ2n) is 4.23. The summed E-state index contributed by atoms with van der Waals surface area (Å²) < 4.78 is 0. The highest BCUT2D eigenvalue weighted by Gasteiger charge is 2.05. The first-order valence-electron chi connectivity index (χ1n) is 6.00. The van der Waals surface area contributed by atoms with Crippen molar-refractivity contribution in [1.82, 2.24) is 9.97 Å². The predicted octanol–water partition coefficient (Wildman–Crippen LogP) is 3.50. The highest BCUT2D eigenvalue weighted by molar-refractivity contribution is 7.98. The van der Waals surface area contributed by atoms with Crippen LogP contribution in [-0.4, -0.2) is 9.97 Å². The Morgan fingerprint density at radius 1 is 1.00 bits per heavy atom. The van der Waals surface area contributed by atoms with Crippen LogP contribution in [0, 0.1) is 0 Å². The van der Waals surface area contributed by atoms with Crippen molar-refractivity contribution in [2.45, 2.75) is 10.8 Å². The lowest BCUT2D eigenvalue weighted by Crippen LogP contribution is -1.90. The normalized spacial score (nSPS) is 10.7. The summed E-state index contributed by atoms with van der Waals surface area (Å²) in [5, 5.41) is 2.05. The highest BCUT2D eigenvalue weighted by atomic mass is 32.2. The summed E-state index contributed by atoms with van der Waals surface area (Å²) in [5.74, 6) is 0.900. The van der Waals surface area contributed by atoms with Gasteiger partial charge >= 0.3 is 0 Å². The molecule has 2 aromatic carbocycles. The number of aromatic nitrogens is 2. The molecule has 1 aromatic heterocycles. The lowest BCUT2D eigenvalue weighted by atomic mass is 10.2. The maximum atomic E-state index is 5.77. The van der Waals surface area contributed by atoms with Gasteiger partial charge in [0.25, 0.3) is 0 Å². The van der Waals surface area contributed by atoms with E-state index in [1.54, 1.807) is 18.1 Å². The number of nitrogens with zero attached hydrogens (tertiary/aromatic N) is 2. The van der Waals surface area contributed by atoms with Crippen LogP contribution in [-0.2, 0) is 5.75 Å². The number of nitrogens with two attached hydrogens (primary N) is 1. The molecular formula is C15H13N3S. The predicted molar refractivity (Wildman–Crippen MR) is 80.0 cm³/mol. The minimum atomic E-state index is 0.727. The van der Waals surface area contributed by atoms with Crippen LogP contribution >= 0.6 is 11.8 Å². The Morgan fingerprint density at radius 3 is 2.68 bits per heavy atom. The van der Waals surface area contributed by atoms with E-state index in [2.05, 4.69) is 34.2 Å². The van der Waals surface area contributed by atoms with Gasteiger partial charge in [0.05, 0.1) is 5.52 Å². The molecule has 4 heteroatoms. The van der Waals surface area contributed by atoms with Crippen molar-refractivity contribution < 1.29 is 0 Å². The third-order valence-corrected chi connectivity index (χ3v) is 3.92. The van der Waals surface area contributed by atoms with Crippen LogP contribution in [0.25, 0.3) is 10.9 Å². The third kappa shape index (κ3) is 2.69. The minimum Gasteiger partial charge on any atom is -0.399 e. The zero-order chi connectivity index (χ0) is 13.1. The molecule has 3 rings (SSSR count). The number of hydrogen-bond acceptors (Lipinski definition) is 4. The van der Waals surface area contributed by atoms with Crippen LogP contribution in [0.4, 0.5) is 5.69 Å². The molecule has 0 fully saturated rings. The first-order chi connectivity index (χ1) is 9.33. The van der Waals surface area contributed by atoms with Gasteiger partial charge in [-0.05, 0) is 23.8 Å². The monoisotopic (exact) mass is 267 g/mol. The third-order valence-electron chi connectivity index (χ3n) is 2.84. The number of fused-ring (bicyclic) bond motifs is 1. The van der Waals surface area contributed by atoms with Gasteiger partial charge in [-0.15, -0.1) is 11.8 Å². The maximum Gasteiger partial charge on any atom is 0.117 e. The van der Waals surface area contributed by atoms with E-state index in [1.165, 1.54) is 5.56 Å². The SMILES string of the molecule is Nc1ccc2c(SCc3ccccc3)ncnc2c1. The molecule has 3 aromatic rings. The van der Waals surface area contributed by atoms with E-state index in [4.69, 9.17) is 5.73 Å². The van der Waals surface area contributed by atoms with E-state index in [9.17, 15) is 0 Å². The highest BCUT2D eigenvalue weighted by Crippen LogP contribution is 2.28. The lowest BCUT2D eigenvalue weighted by Gasteiger charge is -2.05. The summed E-state index contributed by atoms with van der Waals surface area (Å²) in [6.45, 7) is 0. The topological polar surface area (TPSA) is 51.8 Å². The summed E-state index contributed by atoms with van der Waals surface area (Å²) in [6.07, 6.45) is 1.59. The van der Waals surface area contributed by atoms with Crippen molar-refractivity contribution in [2.24, 2.45) is 0 Å². The summed E-state index contributed by atoms with van der Waals surface area (Å²) >= 11 is 1.72.